The Labute approximate surface area is 119 Å². The maximum absolute atomic E-state index is 9.23. The standard InChI is InChI=1S/C15H22N4O/c1-2-18-8-5-12(10-18)11-19-14(6-9-20)17-13-4-3-7-16-15(13)19/h3-4,7,12,20H,2,5-6,8-11H2,1H3. The highest BCUT2D eigenvalue weighted by Crippen LogP contribution is 2.22. The van der Waals surface area contributed by atoms with Gasteiger partial charge >= 0.3 is 0 Å². The van der Waals surface area contributed by atoms with E-state index >= 15 is 0 Å². The molecule has 0 spiro atoms. The molecule has 0 amide bonds. The van der Waals surface area contributed by atoms with Crippen molar-refractivity contribution in [1.29, 1.82) is 0 Å². The van der Waals surface area contributed by atoms with E-state index in [1.165, 1.54) is 13.0 Å². The Kier molecular flexibility index (Phi) is 3.98. The van der Waals surface area contributed by atoms with Crippen LogP contribution in [-0.2, 0) is 13.0 Å². The number of nitrogens with zero attached hydrogens (tertiary/aromatic N) is 4. The highest BCUT2D eigenvalue weighted by Gasteiger charge is 2.23. The van der Waals surface area contributed by atoms with Crippen LogP contribution in [0.1, 0.15) is 19.2 Å². The minimum absolute atomic E-state index is 0.134. The molecule has 1 aliphatic rings. The Bertz CT molecular complexity index is 580. The van der Waals surface area contributed by atoms with E-state index in [0.29, 0.717) is 12.3 Å². The van der Waals surface area contributed by atoms with Crippen molar-refractivity contribution in [3.05, 3.63) is 24.2 Å². The number of aromatic nitrogens is 3. The Morgan fingerprint density at radius 3 is 3.10 bits per heavy atom. The Hall–Kier alpha value is -1.46. The first kappa shape index (κ1) is 13.5. The number of aliphatic hydroxyl groups excluding tert-OH is 1. The van der Waals surface area contributed by atoms with E-state index in [-0.39, 0.29) is 6.61 Å². The van der Waals surface area contributed by atoms with Crippen molar-refractivity contribution in [3.63, 3.8) is 0 Å². The van der Waals surface area contributed by atoms with Crippen LogP contribution in [-0.4, -0.2) is 50.8 Å². The molecule has 20 heavy (non-hydrogen) atoms. The van der Waals surface area contributed by atoms with Gasteiger partial charge in [0.2, 0.25) is 0 Å². The minimum Gasteiger partial charge on any atom is -0.396 e. The molecular formula is C15H22N4O. The molecule has 1 aliphatic heterocycles. The zero-order valence-corrected chi connectivity index (χ0v) is 12.0. The van der Waals surface area contributed by atoms with Crippen LogP contribution in [0.4, 0.5) is 0 Å². The van der Waals surface area contributed by atoms with Crippen LogP contribution < -0.4 is 0 Å². The zero-order valence-electron chi connectivity index (χ0n) is 12.0. The first-order valence-corrected chi connectivity index (χ1v) is 7.45. The van der Waals surface area contributed by atoms with Crippen molar-refractivity contribution in [3.8, 4) is 0 Å². The Morgan fingerprint density at radius 2 is 2.35 bits per heavy atom. The SMILES string of the molecule is CCN1CCC(Cn2c(CCO)nc3cccnc32)C1. The summed E-state index contributed by atoms with van der Waals surface area (Å²) < 4.78 is 2.20. The van der Waals surface area contributed by atoms with E-state index in [1.807, 2.05) is 18.3 Å². The second-order valence-corrected chi connectivity index (χ2v) is 5.51. The van der Waals surface area contributed by atoms with Crippen LogP contribution in [0.5, 0.6) is 0 Å². The lowest BCUT2D eigenvalue weighted by molar-refractivity contribution is 0.292. The van der Waals surface area contributed by atoms with Gasteiger partial charge in [0.05, 0.1) is 6.61 Å². The highest BCUT2D eigenvalue weighted by molar-refractivity contribution is 5.71. The maximum Gasteiger partial charge on any atom is 0.159 e. The first-order chi connectivity index (χ1) is 9.81. The van der Waals surface area contributed by atoms with Gasteiger partial charge in [-0.3, -0.25) is 0 Å². The average Bonchev–Trinajstić information content (AvgIpc) is 3.05. The number of hydrogen-bond acceptors (Lipinski definition) is 4. The number of fused-ring (bicyclic) bond motifs is 1. The molecule has 1 atom stereocenters. The van der Waals surface area contributed by atoms with Gasteiger partial charge in [-0.25, -0.2) is 9.97 Å². The fourth-order valence-electron chi connectivity index (χ4n) is 3.10. The maximum atomic E-state index is 9.23. The van der Waals surface area contributed by atoms with Crippen LogP contribution in [0.15, 0.2) is 18.3 Å². The monoisotopic (exact) mass is 274 g/mol. The molecule has 5 heteroatoms. The molecule has 108 valence electrons. The second-order valence-electron chi connectivity index (χ2n) is 5.51. The lowest BCUT2D eigenvalue weighted by atomic mass is 10.1. The van der Waals surface area contributed by atoms with Crippen molar-refractivity contribution in [2.24, 2.45) is 5.92 Å². The molecule has 0 saturated carbocycles. The molecule has 2 aromatic heterocycles. The van der Waals surface area contributed by atoms with Gasteiger partial charge in [0.25, 0.3) is 0 Å². The molecule has 3 heterocycles. The van der Waals surface area contributed by atoms with Crippen LogP contribution in [0.25, 0.3) is 11.2 Å². The molecule has 0 bridgehead atoms. The number of imidazole rings is 1. The van der Waals surface area contributed by atoms with Crippen molar-refractivity contribution < 1.29 is 5.11 Å². The molecule has 0 radical (unpaired) electrons. The summed E-state index contributed by atoms with van der Waals surface area (Å²) in [7, 11) is 0. The fraction of sp³-hybridized carbons (Fsp3) is 0.600. The van der Waals surface area contributed by atoms with Gasteiger partial charge in [-0.1, -0.05) is 6.92 Å². The molecule has 3 rings (SSSR count). The minimum atomic E-state index is 0.134. The van der Waals surface area contributed by atoms with E-state index in [9.17, 15) is 5.11 Å². The van der Waals surface area contributed by atoms with Crippen molar-refractivity contribution in [2.45, 2.75) is 26.3 Å². The number of likely N-dealkylation sites (tertiary alicyclic amines) is 1. The number of pyridine rings is 1. The van der Waals surface area contributed by atoms with E-state index in [4.69, 9.17) is 0 Å². The molecule has 2 aromatic rings. The molecule has 0 aliphatic carbocycles. The number of aliphatic hydroxyl groups is 1. The van der Waals surface area contributed by atoms with E-state index in [1.54, 1.807) is 0 Å². The predicted molar refractivity (Wildman–Crippen MR) is 78.5 cm³/mol. The van der Waals surface area contributed by atoms with Crippen molar-refractivity contribution in [1.82, 2.24) is 19.4 Å². The van der Waals surface area contributed by atoms with Crippen molar-refractivity contribution in [2.75, 3.05) is 26.2 Å². The van der Waals surface area contributed by atoms with Crippen LogP contribution >= 0.6 is 0 Å². The highest BCUT2D eigenvalue weighted by atomic mass is 16.3. The van der Waals surface area contributed by atoms with Gasteiger partial charge < -0.3 is 14.6 Å². The van der Waals surface area contributed by atoms with Gasteiger partial charge in [-0.15, -0.1) is 0 Å². The molecular weight excluding hydrogens is 252 g/mol. The third-order valence-corrected chi connectivity index (χ3v) is 4.18. The van der Waals surface area contributed by atoms with Crippen molar-refractivity contribution >= 4 is 11.2 Å². The Balaban J connectivity index is 1.87. The van der Waals surface area contributed by atoms with E-state index in [2.05, 4.69) is 26.4 Å². The molecule has 1 saturated heterocycles. The number of hydrogen-bond donors (Lipinski definition) is 1. The lowest BCUT2D eigenvalue weighted by Gasteiger charge is -2.15. The Morgan fingerprint density at radius 1 is 1.45 bits per heavy atom. The van der Waals surface area contributed by atoms with Gasteiger partial charge in [0, 0.05) is 25.7 Å². The van der Waals surface area contributed by atoms with E-state index < -0.39 is 0 Å². The third kappa shape index (κ3) is 2.55. The average molecular weight is 274 g/mol. The smallest absolute Gasteiger partial charge is 0.159 e. The summed E-state index contributed by atoms with van der Waals surface area (Å²) in [5, 5.41) is 9.23. The van der Waals surface area contributed by atoms with E-state index in [0.717, 1.165) is 36.6 Å². The molecule has 1 fully saturated rings. The van der Waals surface area contributed by atoms with Gasteiger partial charge in [-0.2, -0.15) is 0 Å². The summed E-state index contributed by atoms with van der Waals surface area (Å²) in [6.07, 6.45) is 3.65. The quantitative estimate of drug-likeness (QED) is 0.893. The molecule has 0 aromatic carbocycles. The third-order valence-electron chi connectivity index (χ3n) is 4.18. The fourth-order valence-corrected chi connectivity index (χ4v) is 3.10. The summed E-state index contributed by atoms with van der Waals surface area (Å²) in [6.45, 7) is 6.78. The molecule has 5 nitrogen and oxygen atoms in total. The largest absolute Gasteiger partial charge is 0.396 e. The zero-order chi connectivity index (χ0) is 13.9. The van der Waals surface area contributed by atoms with Crippen LogP contribution in [0.2, 0.25) is 0 Å². The van der Waals surface area contributed by atoms with Gasteiger partial charge in [0.1, 0.15) is 11.3 Å². The summed E-state index contributed by atoms with van der Waals surface area (Å²) in [5.74, 6) is 1.61. The first-order valence-electron chi connectivity index (χ1n) is 7.45. The summed E-state index contributed by atoms with van der Waals surface area (Å²) >= 11 is 0. The second kappa shape index (κ2) is 5.89. The summed E-state index contributed by atoms with van der Waals surface area (Å²) in [5.41, 5.74) is 1.88. The van der Waals surface area contributed by atoms with Gasteiger partial charge in [0.15, 0.2) is 5.65 Å². The van der Waals surface area contributed by atoms with Crippen LogP contribution in [0.3, 0.4) is 0 Å². The lowest BCUT2D eigenvalue weighted by Crippen LogP contribution is -2.22. The topological polar surface area (TPSA) is 54.2 Å². The van der Waals surface area contributed by atoms with Crippen LogP contribution in [0, 0.1) is 5.92 Å². The normalized spacial score (nSPS) is 20.0. The summed E-state index contributed by atoms with van der Waals surface area (Å²) in [6, 6.07) is 3.91. The molecule has 1 N–H and O–H groups in total. The number of rotatable bonds is 5. The molecule has 1 unspecified atom stereocenters. The summed E-state index contributed by atoms with van der Waals surface area (Å²) in [4.78, 5) is 11.6. The predicted octanol–water partition coefficient (Wildman–Crippen LogP) is 1.31. The van der Waals surface area contributed by atoms with Gasteiger partial charge in [-0.05, 0) is 37.6 Å².